The number of aromatic nitrogens is 3. The molecule has 0 saturated carbocycles. The Kier molecular flexibility index (Phi) is 4.37. The molecular formula is C12H7F3N4O2S. The normalized spacial score (nSPS) is 11.2. The van der Waals surface area contributed by atoms with E-state index in [0.717, 1.165) is 17.8 Å². The van der Waals surface area contributed by atoms with Crippen LogP contribution in [0, 0.1) is 22.5 Å². The molecule has 1 N–H and O–H groups in total. The van der Waals surface area contributed by atoms with Crippen LogP contribution in [0.1, 0.15) is 5.56 Å². The summed E-state index contributed by atoms with van der Waals surface area (Å²) >= 11 is 1.13. The number of nitrogens with zero attached hydrogens (tertiary/aromatic N) is 3. The first-order valence-corrected chi connectivity index (χ1v) is 6.66. The first-order valence-electron chi connectivity index (χ1n) is 5.67. The lowest BCUT2D eigenvalue weighted by molar-refractivity contribution is -0.388. The Hall–Kier alpha value is -2.54. The molecule has 2 aromatic rings. The van der Waals surface area contributed by atoms with Crippen LogP contribution in [0.25, 0.3) is 11.4 Å². The van der Waals surface area contributed by atoms with Crippen LogP contribution in [0.5, 0.6) is 0 Å². The molecule has 1 heterocycles. The predicted octanol–water partition coefficient (Wildman–Crippen LogP) is 3.12. The van der Waals surface area contributed by atoms with Gasteiger partial charge in [0.2, 0.25) is 5.16 Å². The molecule has 0 aliphatic carbocycles. The van der Waals surface area contributed by atoms with Gasteiger partial charge in [-0.05, 0) is 12.1 Å². The Morgan fingerprint density at radius 3 is 2.77 bits per heavy atom. The lowest BCUT2D eigenvalue weighted by Gasteiger charge is -2.08. The second kappa shape index (κ2) is 6.07. The van der Waals surface area contributed by atoms with Crippen LogP contribution in [-0.2, 0) is 6.18 Å². The minimum absolute atomic E-state index is 0.0398. The summed E-state index contributed by atoms with van der Waals surface area (Å²) in [4.78, 5) is 13.6. The van der Waals surface area contributed by atoms with Crippen molar-refractivity contribution in [3.63, 3.8) is 0 Å². The molecule has 0 unspecified atom stereocenters. The minimum atomic E-state index is -4.85. The molecule has 0 aliphatic heterocycles. The maximum absolute atomic E-state index is 12.9. The number of nitro groups is 1. The van der Waals surface area contributed by atoms with Gasteiger partial charge < -0.3 is 0 Å². The number of halogens is 3. The minimum Gasteiger partial charge on any atom is -0.258 e. The van der Waals surface area contributed by atoms with Gasteiger partial charge in [-0.25, -0.2) is 4.98 Å². The van der Waals surface area contributed by atoms with Crippen LogP contribution in [0.2, 0.25) is 0 Å². The summed E-state index contributed by atoms with van der Waals surface area (Å²) in [5.74, 6) is 2.74. The van der Waals surface area contributed by atoms with E-state index in [1.54, 1.807) is 0 Å². The molecule has 1 aromatic carbocycles. The number of rotatable bonds is 4. The topological polar surface area (TPSA) is 84.7 Å². The fraction of sp³-hybridized carbons (Fsp3) is 0.167. The van der Waals surface area contributed by atoms with Crippen molar-refractivity contribution in [3.05, 3.63) is 33.9 Å². The molecule has 0 atom stereocenters. The van der Waals surface area contributed by atoms with Crippen molar-refractivity contribution < 1.29 is 18.1 Å². The first-order chi connectivity index (χ1) is 10.3. The average molecular weight is 328 g/mol. The third-order valence-electron chi connectivity index (χ3n) is 2.52. The van der Waals surface area contributed by atoms with Gasteiger partial charge in [0, 0.05) is 11.6 Å². The van der Waals surface area contributed by atoms with E-state index >= 15 is 0 Å². The highest BCUT2D eigenvalue weighted by Gasteiger charge is 2.38. The van der Waals surface area contributed by atoms with E-state index in [1.165, 1.54) is 6.07 Å². The number of hydrogen-bond donors (Lipinski definition) is 1. The van der Waals surface area contributed by atoms with Gasteiger partial charge in [-0.1, -0.05) is 17.7 Å². The summed E-state index contributed by atoms with van der Waals surface area (Å²) < 4.78 is 38.7. The number of thioether (sulfide) groups is 1. The third-order valence-corrected chi connectivity index (χ3v) is 3.27. The number of nitro benzene ring substituents is 1. The van der Waals surface area contributed by atoms with Crippen LogP contribution in [0.15, 0.2) is 23.4 Å². The van der Waals surface area contributed by atoms with Crippen molar-refractivity contribution in [2.24, 2.45) is 0 Å². The molecule has 2 rings (SSSR count). The molecule has 6 nitrogen and oxygen atoms in total. The van der Waals surface area contributed by atoms with Crippen molar-refractivity contribution >= 4 is 17.4 Å². The van der Waals surface area contributed by atoms with Crippen LogP contribution >= 0.6 is 11.8 Å². The number of terminal acetylenes is 1. The van der Waals surface area contributed by atoms with Gasteiger partial charge in [-0.15, -0.1) is 11.5 Å². The van der Waals surface area contributed by atoms with E-state index in [2.05, 4.69) is 21.1 Å². The van der Waals surface area contributed by atoms with Crippen molar-refractivity contribution in [2.45, 2.75) is 11.3 Å². The molecule has 0 saturated heterocycles. The second-order valence-corrected chi connectivity index (χ2v) is 4.89. The van der Waals surface area contributed by atoms with Gasteiger partial charge in [-0.3, -0.25) is 15.2 Å². The maximum Gasteiger partial charge on any atom is 0.423 e. The first kappa shape index (κ1) is 15.8. The lowest BCUT2D eigenvalue weighted by Crippen LogP contribution is -2.09. The highest BCUT2D eigenvalue weighted by atomic mass is 32.2. The number of aromatic amines is 1. The summed E-state index contributed by atoms with van der Waals surface area (Å²) in [7, 11) is 0. The van der Waals surface area contributed by atoms with E-state index in [9.17, 15) is 23.3 Å². The molecule has 0 radical (unpaired) electrons. The summed E-state index contributed by atoms with van der Waals surface area (Å²) in [6.45, 7) is 0. The van der Waals surface area contributed by atoms with Gasteiger partial charge >= 0.3 is 6.18 Å². The predicted molar refractivity (Wildman–Crippen MR) is 73.0 cm³/mol. The largest absolute Gasteiger partial charge is 0.423 e. The molecule has 0 fully saturated rings. The Bertz CT molecular complexity index is 752. The van der Waals surface area contributed by atoms with Crippen molar-refractivity contribution in [2.75, 3.05) is 5.75 Å². The van der Waals surface area contributed by atoms with E-state index in [1.807, 2.05) is 0 Å². The Morgan fingerprint density at radius 1 is 1.45 bits per heavy atom. The van der Waals surface area contributed by atoms with Gasteiger partial charge in [-0.2, -0.15) is 13.2 Å². The van der Waals surface area contributed by atoms with Gasteiger partial charge in [0.1, 0.15) is 5.56 Å². The number of benzene rings is 1. The molecule has 1 aromatic heterocycles. The highest BCUT2D eigenvalue weighted by molar-refractivity contribution is 7.99. The number of H-pyrrole nitrogens is 1. The van der Waals surface area contributed by atoms with Gasteiger partial charge in [0.25, 0.3) is 5.69 Å². The monoisotopic (exact) mass is 328 g/mol. The van der Waals surface area contributed by atoms with Crippen molar-refractivity contribution in [1.29, 1.82) is 0 Å². The molecule has 0 bridgehead atoms. The van der Waals surface area contributed by atoms with E-state index in [4.69, 9.17) is 6.42 Å². The van der Waals surface area contributed by atoms with E-state index in [0.29, 0.717) is 11.8 Å². The fourth-order valence-electron chi connectivity index (χ4n) is 1.62. The molecular weight excluding hydrogens is 321 g/mol. The SMILES string of the molecule is C#CCSc1n[nH]c(-c2ccc([N+](=O)[O-])c(C(F)(F)F)c2)n1. The molecule has 10 heteroatoms. The van der Waals surface area contributed by atoms with Gasteiger partial charge in [0.15, 0.2) is 5.82 Å². The van der Waals surface area contributed by atoms with Crippen LogP contribution in [0.3, 0.4) is 0 Å². The average Bonchev–Trinajstić information content (AvgIpc) is 2.92. The summed E-state index contributed by atoms with van der Waals surface area (Å²) in [5, 5.41) is 17.2. The van der Waals surface area contributed by atoms with Gasteiger partial charge in [0.05, 0.1) is 10.7 Å². The number of hydrogen-bond acceptors (Lipinski definition) is 5. The Morgan fingerprint density at radius 2 is 2.18 bits per heavy atom. The van der Waals surface area contributed by atoms with Crippen LogP contribution < -0.4 is 0 Å². The Labute approximate surface area is 126 Å². The van der Waals surface area contributed by atoms with Crippen LogP contribution in [0.4, 0.5) is 18.9 Å². The molecule has 0 aliphatic rings. The fourth-order valence-corrected chi connectivity index (χ4v) is 2.09. The molecule has 0 amide bonds. The summed E-state index contributed by atoms with van der Waals surface area (Å²) in [5.41, 5.74) is -2.32. The van der Waals surface area contributed by atoms with E-state index in [-0.39, 0.29) is 16.5 Å². The number of alkyl halides is 3. The molecule has 114 valence electrons. The zero-order valence-electron chi connectivity index (χ0n) is 10.7. The number of nitrogens with one attached hydrogen (secondary N) is 1. The molecule has 0 spiro atoms. The summed E-state index contributed by atoms with van der Waals surface area (Å²) in [6, 6.07) is 2.62. The summed E-state index contributed by atoms with van der Waals surface area (Å²) in [6.07, 6.45) is 0.234. The van der Waals surface area contributed by atoms with Crippen molar-refractivity contribution in [3.8, 4) is 23.7 Å². The Balaban J connectivity index is 2.43. The molecule has 22 heavy (non-hydrogen) atoms. The highest BCUT2D eigenvalue weighted by Crippen LogP contribution is 2.38. The standard InChI is InChI=1S/C12H7F3N4O2S/c1-2-5-22-11-16-10(17-18-11)7-3-4-9(19(20)21)8(6-7)12(13,14)15/h1,3-4,6H,5H2,(H,16,17,18). The van der Waals surface area contributed by atoms with Crippen molar-refractivity contribution in [1.82, 2.24) is 15.2 Å². The second-order valence-electron chi connectivity index (χ2n) is 3.95. The maximum atomic E-state index is 12.9. The third kappa shape index (κ3) is 3.37. The quantitative estimate of drug-likeness (QED) is 0.403. The zero-order valence-corrected chi connectivity index (χ0v) is 11.5. The van der Waals surface area contributed by atoms with E-state index < -0.39 is 22.4 Å². The zero-order chi connectivity index (χ0) is 16.3. The van der Waals surface area contributed by atoms with Crippen LogP contribution in [-0.4, -0.2) is 25.9 Å². The smallest absolute Gasteiger partial charge is 0.258 e. The lowest BCUT2D eigenvalue weighted by atomic mass is 10.1.